The van der Waals surface area contributed by atoms with Crippen LogP contribution in [0, 0.1) is 30.3 Å². The zero-order chi connectivity index (χ0) is 29.4. The number of imidazole rings is 1. The summed E-state index contributed by atoms with van der Waals surface area (Å²) in [5, 5.41) is 3.00. The zero-order valence-electron chi connectivity index (χ0n) is 24.5. The fraction of sp³-hybridized carbons (Fsp3) is 0.452. The van der Waals surface area contributed by atoms with E-state index in [2.05, 4.69) is 50.8 Å². The van der Waals surface area contributed by atoms with Crippen LogP contribution in [0.4, 0.5) is 24.8 Å². The minimum Gasteiger partial charge on any atom is -0.326 e. The van der Waals surface area contributed by atoms with Gasteiger partial charge in [0, 0.05) is 55.1 Å². The first-order valence-corrected chi connectivity index (χ1v) is 14.3. The Kier molecular flexibility index (Phi) is 8.33. The second kappa shape index (κ2) is 11.8. The van der Waals surface area contributed by atoms with Crippen LogP contribution in [0.15, 0.2) is 36.5 Å². The molecule has 7 nitrogen and oxygen atoms in total. The summed E-state index contributed by atoms with van der Waals surface area (Å²) in [6.45, 7) is 16.9. The molecular formula is C31H38F3N7. The highest BCUT2D eigenvalue weighted by atomic mass is 19.1. The molecule has 0 aliphatic carbocycles. The zero-order valence-corrected chi connectivity index (χ0v) is 24.5. The summed E-state index contributed by atoms with van der Waals surface area (Å²) in [5.41, 5.74) is 2.10. The van der Waals surface area contributed by atoms with E-state index < -0.39 is 11.6 Å². The largest absolute Gasteiger partial charge is 0.326 e. The van der Waals surface area contributed by atoms with Gasteiger partial charge in [-0.05, 0) is 57.5 Å². The molecular weight excluding hydrogens is 527 g/mol. The van der Waals surface area contributed by atoms with E-state index in [9.17, 15) is 4.39 Å². The second-order valence-electron chi connectivity index (χ2n) is 11.4. The Balaban J connectivity index is 1.42. The number of halogens is 3. The molecule has 1 unspecified atom stereocenters. The Morgan fingerprint density at radius 3 is 2.27 bits per heavy atom. The van der Waals surface area contributed by atoms with Crippen LogP contribution in [0.3, 0.4) is 0 Å². The van der Waals surface area contributed by atoms with Gasteiger partial charge >= 0.3 is 0 Å². The molecule has 1 fully saturated rings. The summed E-state index contributed by atoms with van der Waals surface area (Å²) < 4.78 is 47.4. The van der Waals surface area contributed by atoms with Crippen molar-refractivity contribution >= 4 is 22.7 Å². The van der Waals surface area contributed by atoms with Crippen molar-refractivity contribution in [1.82, 2.24) is 29.3 Å². The topological polar surface area (TPSA) is 62.1 Å². The molecule has 4 aromatic rings. The van der Waals surface area contributed by atoms with Gasteiger partial charge in [-0.2, -0.15) is 0 Å². The van der Waals surface area contributed by atoms with Crippen LogP contribution in [0.1, 0.15) is 58.1 Å². The predicted molar refractivity (Wildman–Crippen MR) is 157 cm³/mol. The highest BCUT2D eigenvalue weighted by molar-refractivity contribution is 5.83. The second-order valence-corrected chi connectivity index (χ2v) is 11.4. The van der Waals surface area contributed by atoms with Gasteiger partial charge in [0.25, 0.3) is 0 Å². The third kappa shape index (κ3) is 5.81. The number of nitrogens with one attached hydrogen (secondary N) is 1. The van der Waals surface area contributed by atoms with Gasteiger partial charge in [-0.3, -0.25) is 4.90 Å². The lowest BCUT2D eigenvalue weighted by Gasteiger charge is -2.41. The Hall–Kier alpha value is -3.50. The van der Waals surface area contributed by atoms with Gasteiger partial charge in [0.1, 0.15) is 22.9 Å². The summed E-state index contributed by atoms with van der Waals surface area (Å²) in [7, 11) is 0. The fourth-order valence-corrected chi connectivity index (χ4v) is 6.00. The summed E-state index contributed by atoms with van der Waals surface area (Å²) in [6, 6.07) is 7.94. The van der Waals surface area contributed by atoms with Crippen molar-refractivity contribution in [3.63, 3.8) is 0 Å². The Morgan fingerprint density at radius 1 is 0.902 bits per heavy atom. The fourth-order valence-electron chi connectivity index (χ4n) is 6.00. The molecule has 3 heterocycles. The number of aromatic nitrogens is 4. The Labute approximate surface area is 239 Å². The average Bonchev–Trinajstić information content (AvgIpc) is 3.28. The molecule has 0 radical (unpaired) electrons. The molecule has 2 aromatic heterocycles. The van der Waals surface area contributed by atoms with Crippen molar-refractivity contribution in [3.05, 3.63) is 65.4 Å². The van der Waals surface area contributed by atoms with E-state index >= 15 is 8.78 Å². The molecule has 0 bridgehead atoms. The lowest BCUT2D eigenvalue weighted by Crippen LogP contribution is -2.48. The van der Waals surface area contributed by atoms with Crippen LogP contribution >= 0.6 is 0 Å². The third-order valence-corrected chi connectivity index (χ3v) is 7.91. The number of fused-ring (bicyclic) bond motifs is 1. The van der Waals surface area contributed by atoms with Crippen molar-refractivity contribution in [2.75, 3.05) is 38.0 Å². The van der Waals surface area contributed by atoms with Gasteiger partial charge in [0.2, 0.25) is 5.95 Å². The molecule has 0 spiro atoms. The molecule has 2 aromatic carbocycles. The molecule has 1 N–H and O–H groups in total. The molecule has 1 aliphatic heterocycles. The lowest BCUT2D eigenvalue weighted by molar-refractivity contribution is 0.0769. The number of aryl methyl sites for hydroxylation is 1. The quantitative estimate of drug-likeness (QED) is 0.251. The molecule has 1 atom stereocenters. The van der Waals surface area contributed by atoms with Gasteiger partial charge in [-0.1, -0.05) is 26.8 Å². The van der Waals surface area contributed by atoms with Crippen molar-refractivity contribution in [2.45, 2.75) is 53.6 Å². The number of nitrogens with zero attached hydrogens (tertiary/aromatic N) is 6. The standard InChI is InChI=1S/C31H38F3N7/c1-7-39-10-12-40(13-11-39)30(18(2)3)23-9-8-22(16-24(23)32)37-31-35-17-26(34)28(38-31)21-14-25(33)29-27(15-21)41(19(4)5)20(6)36-29/h8-9,14-19,30H,7,10-13H2,1-6H3,(H,35,37,38). The highest BCUT2D eigenvalue weighted by Crippen LogP contribution is 2.34. The average molecular weight is 566 g/mol. The van der Waals surface area contributed by atoms with E-state index in [1.165, 1.54) is 12.1 Å². The number of hydrogen-bond acceptors (Lipinski definition) is 6. The summed E-state index contributed by atoms with van der Waals surface area (Å²) >= 11 is 0. The Morgan fingerprint density at radius 2 is 1.63 bits per heavy atom. The number of benzene rings is 2. The van der Waals surface area contributed by atoms with Gasteiger partial charge < -0.3 is 14.8 Å². The van der Waals surface area contributed by atoms with Crippen molar-refractivity contribution in [2.24, 2.45) is 5.92 Å². The maximum Gasteiger partial charge on any atom is 0.227 e. The number of rotatable bonds is 8. The van der Waals surface area contributed by atoms with E-state index in [4.69, 9.17) is 0 Å². The first-order valence-electron chi connectivity index (χ1n) is 14.3. The van der Waals surface area contributed by atoms with Crippen molar-refractivity contribution in [3.8, 4) is 11.3 Å². The molecule has 0 amide bonds. The molecule has 5 rings (SSSR count). The molecule has 1 aliphatic rings. The van der Waals surface area contributed by atoms with E-state index in [0.717, 1.165) is 38.9 Å². The van der Waals surface area contributed by atoms with Gasteiger partial charge in [-0.25, -0.2) is 28.1 Å². The monoisotopic (exact) mass is 565 g/mol. The first kappa shape index (κ1) is 29.0. The van der Waals surface area contributed by atoms with Gasteiger partial charge in [0.05, 0.1) is 11.7 Å². The van der Waals surface area contributed by atoms with Crippen molar-refractivity contribution < 1.29 is 13.2 Å². The Bertz CT molecular complexity index is 1540. The van der Waals surface area contributed by atoms with Crippen molar-refractivity contribution in [1.29, 1.82) is 0 Å². The van der Waals surface area contributed by atoms with Crippen LogP contribution in [0.2, 0.25) is 0 Å². The third-order valence-electron chi connectivity index (χ3n) is 7.91. The smallest absolute Gasteiger partial charge is 0.227 e. The number of likely N-dealkylation sites (N-methyl/N-ethyl adjacent to an activating group) is 1. The molecule has 10 heteroatoms. The normalized spacial score (nSPS) is 15.8. The molecule has 0 saturated carbocycles. The van der Waals surface area contributed by atoms with E-state index in [0.29, 0.717) is 22.6 Å². The first-order chi connectivity index (χ1) is 19.6. The summed E-state index contributed by atoms with van der Waals surface area (Å²) in [6.07, 6.45) is 1.03. The minimum atomic E-state index is -0.689. The number of hydrogen-bond donors (Lipinski definition) is 1. The van der Waals surface area contributed by atoms with Crippen LogP contribution in [-0.4, -0.2) is 62.0 Å². The number of piperazine rings is 1. The van der Waals surface area contributed by atoms with E-state index in [1.54, 1.807) is 18.2 Å². The van der Waals surface area contributed by atoms with Crippen LogP contribution in [0.5, 0.6) is 0 Å². The summed E-state index contributed by atoms with van der Waals surface area (Å²) in [4.78, 5) is 17.5. The minimum absolute atomic E-state index is 0.0375. The molecule has 41 heavy (non-hydrogen) atoms. The summed E-state index contributed by atoms with van der Waals surface area (Å²) in [5.74, 6) is -0.581. The molecule has 218 valence electrons. The van der Waals surface area contributed by atoms with Gasteiger partial charge in [-0.15, -0.1) is 0 Å². The maximum atomic E-state index is 15.5. The van der Waals surface area contributed by atoms with Crippen LogP contribution in [-0.2, 0) is 0 Å². The molecule has 1 saturated heterocycles. The van der Waals surface area contributed by atoms with Crippen LogP contribution in [0.25, 0.3) is 22.3 Å². The SMILES string of the molecule is CCN1CCN(C(c2ccc(Nc3ncc(F)c(-c4cc(F)c5nc(C)n(C(C)C)c5c4)n3)cc2F)C(C)C)CC1. The number of anilines is 2. The van der Waals surface area contributed by atoms with Crippen LogP contribution < -0.4 is 5.32 Å². The van der Waals surface area contributed by atoms with E-state index in [1.807, 2.05) is 25.3 Å². The van der Waals surface area contributed by atoms with E-state index in [-0.39, 0.29) is 46.5 Å². The predicted octanol–water partition coefficient (Wildman–Crippen LogP) is 6.88. The van der Waals surface area contributed by atoms with Gasteiger partial charge in [0.15, 0.2) is 11.6 Å². The highest BCUT2D eigenvalue weighted by Gasteiger charge is 2.29. The maximum absolute atomic E-state index is 15.5. The lowest BCUT2D eigenvalue weighted by atomic mass is 9.93.